The third-order valence-electron chi connectivity index (χ3n) is 4.09. The minimum absolute atomic E-state index is 0.237. The number of aliphatic hydroxyl groups is 1. The molecule has 0 aliphatic carbocycles. The second-order valence-corrected chi connectivity index (χ2v) is 6.15. The highest BCUT2D eigenvalue weighted by atomic mass is 32.1. The van der Waals surface area contributed by atoms with Gasteiger partial charge in [-0.15, -0.1) is 0 Å². The zero-order valence-corrected chi connectivity index (χ0v) is 13.2. The van der Waals surface area contributed by atoms with Gasteiger partial charge in [-0.05, 0) is 51.2 Å². The Balaban J connectivity index is 2.27. The summed E-state index contributed by atoms with van der Waals surface area (Å²) in [7, 11) is 0. The lowest BCUT2D eigenvalue weighted by atomic mass is 9.92. The molecular weight excluding hydrogens is 270 g/mol. The Morgan fingerprint density at radius 3 is 2.55 bits per heavy atom. The smallest absolute Gasteiger partial charge is 0.139 e. The van der Waals surface area contributed by atoms with E-state index in [1.165, 1.54) is 0 Å². The number of hydrogen-bond acceptors (Lipinski definition) is 4. The summed E-state index contributed by atoms with van der Waals surface area (Å²) < 4.78 is 0. The highest BCUT2D eigenvalue weighted by Crippen LogP contribution is 2.28. The van der Waals surface area contributed by atoms with Crippen LogP contribution < -0.4 is 10.6 Å². The van der Waals surface area contributed by atoms with Gasteiger partial charge in [-0.25, -0.2) is 4.98 Å². The molecule has 1 aromatic heterocycles. The van der Waals surface area contributed by atoms with Crippen molar-refractivity contribution < 1.29 is 5.11 Å². The summed E-state index contributed by atoms with van der Waals surface area (Å²) in [6.07, 6.45) is 1.71. The lowest BCUT2D eigenvalue weighted by molar-refractivity contribution is 0.110. The van der Waals surface area contributed by atoms with E-state index in [1.807, 2.05) is 26.8 Å². The molecule has 5 heteroatoms. The van der Waals surface area contributed by atoms with Crippen molar-refractivity contribution in [1.82, 2.24) is 4.98 Å². The van der Waals surface area contributed by atoms with Gasteiger partial charge < -0.3 is 15.7 Å². The van der Waals surface area contributed by atoms with Gasteiger partial charge in [0.25, 0.3) is 0 Å². The van der Waals surface area contributed by atoms with Crippen molar-refractivity contribution in [3.05, 3.63) is 22.9 Å². The zero-order chi connectivity index (χ0) is 14.9. The number of hydrogen-bond donors (Lipinski definition) is 2. The van der Waals surface area contributed by atoms with Crippen molar-refractivity contribution >= 4 is 23.0 Å². The predicted octanol–water partition coefficient (Wildman–Crippen LogP) is 1.93. The van der Waals surface area contributed by atoms with Crippen molar-refractivity contribution in [3.63, 3.8) is 0 Å². The largest absolute Gasteiger partial charge is 0.393 e. The number of aryl methyl sites for hydroxylation is 2. The molecule has 2 heterocycles. The van der Waals surface area contributed by atoms with Crippen molar-refractivity contribution in [2.24, 2.45) is 11.7 Å². The molecule has 1 saturated heterocycles. The van der Waals surface area contributed by atoms with Gasteiger partial charge in [-0.2, -0.15) is 0 Å². The molecule has 1 aliphatic rings. The van der Waals surface area contributed by atoms with Crippen LogP contribution in [-0.4, -0.2) is 34.3 Å². The molecular formula is C15H23N3OS. The van der Waals surface area contributed by atoms with Crippen LogP contribution >= 0.6 is 12.2 Å². The van der Waals surface area contributed by atoms with E-state index in [0.717, 1.165) is 48.6 Å². The second kappa shape index (κ2) is 6.06. The zero-order valence-electron chi connectivity index (χ0n) is 12.4. The Morgan fingerprint density at radius 1 is 1.45 bits per heavy atom. The van der Waals surface area contributed by atoms with Gasteiger partial charge in [0.15, 0.2) is 0 Å². The number of piperidine rings is 1. The maximum Gasteiger partial charge on any atom is 0.139 e. The van der Waals surface area contributed by atoms with E-state index in [2.05, 4.69) is 9.88 Å². The number of aliphatic hydroxyl groups excluding tert-OH is 1. The molecule has 3 N–H and O–H groups in total. The molecule has 1 unspecified atom stereocenters. The number of nitrogens with two attached hydrogens (primary N) is 1. The maximum atomic E-state index is 9.69. The van der Waals surface area contributed by atoms with E-state index in [0.29, 0.717) is 10.9 Å². The first-order valence-electron chi connectivity index (χ1n) is 7.11. The molecule has 1 aliphatic heterocycles. The first kappa shape index (κ1) is 15.2. The topological polar surface area (TPSA) is 62.4 Å². The monoisotopic (exact) mass is 293 g/mol. The van der Waals surface area contributed by atoms with Crippen molar-refractivity contribution in [2.45, 2.75) is 39.7 Å². The van der Waals surface area contributed by atoms with Crippen LogP contribution in [0.4, 0.5) is 5.82 Å². The quantitative estimate of drug-likeness (QED) is 0.834. The summed E-state index contributed by atoms with van der Waals surface area (Å²) in [6, 6.07) is 2.01. The molecule has 1 fully saturated rings. The Hall–Kier alpha value is -1.20. The number of nitrogens with zero attached hydrogens (tertiary/aromatic N) is 2. The van der Waals surface area contributed by atoms with Crippen LogP contribution in [0.2, 0.25) is 0 Å². The Labute approximate surface area is 126 Å². The molecule has 0 amide bonds. The normalized spacial score (nSPS) is 18.1. The first-order valence-corrected chi connectivity index (χ1v) is 7.52. The lowest BCUT2D eigenvalue weighted by Gasteiger charge is -2.35. The Kier molecular flexibility index (Phi) is 4.60. The summed E-state index contributed by atoms with van der Waals surface area (Å²) in [5.41, 5.74) is 8.83. The van der Waals surface area contributed by atoms with Crippen LogP contribution in [0, 0.1) is 19.8 Å². The van der Waals surface area contributed by atoms with Gasteiger partial charge in [0.05, 0.1) is 11.7 Å². The van der Waals surface area contributed by atoms with Gasteiger partial charge in [0.1, 0.15) is 10.8 Å². The molecule has 0 spiro atoms. The van der Waals surface area contributed by atoms with Crippen LogP contribution in [-0.2, 0) is 0 Å². The Morgan fingerprint density at radius 2 is 2.05 bits per heavy atom. The average molecular weight is 293 g/mol. The maximum absolute atomic E-state index is 9.69. The van der Waals surface area contributed by atoms with E-state index in [1.54, 1.807) is 0 Å². The van der Waals surface area contributed by atoms with E-state index in [4.69, 9.17) is 18.0 Å². The predicted molar refractivity (Wildman–Crippen MR) is 86.2 cm³/mol. The molecule has 0 saturated carbocycles. The van der Waals surface area contributed by atoms with Gasteiger partial charge in [-0.1, -0.05) is 12.2 Å². The molecule has 4 nitrogen and oxygen atoms in total. The number of thiocarbonyl (C=S) groups is 1. The van der Waals surface area contributed by atoms with Gasteiger partial charge >= 0.3 is 0 Å². The van der Waals surface area contributed by atoms with Gasteiger partial charge in [0.2, 0.25) is 0 Å². The van der Waals surface area contributed by atoms with Crippen LogP contribution in [0.25, 0.3) is 0 Å². The van der Waals surface area contributed by atoms with Crippen molar-refractivity contribution in [1.29, 1.82) is 0 Å². The van der Waals surface area contributed by atoms with Crippen molar-refractivity contribution in [3.8, 4) is 0 Å². The number of rotatable bonds is 3. The third kappa shape index (κ3) is 3.10. The van der Waals surface area contributed by atoms with Gasteiger partial charge in [-0.3, -0.25) is 0 Å². The van der Waals surface area contributed by atoms with Gasteiger partial charge in [0, 0.05) is 18.8 Å². The first-order chi connectivity index (χ1) is 9.40. The lowest BCUT2D eigenvalue weighted by Crippen LogP contribution is -2.38. The summed E-state index contributed by atoms with van der Waals surface area (Å²) in [5.74, 6) is 1.28. The van der Waals surface area contributed by atoms with Crippen LogP contribution in [0.5, 0.6) is 0 Å². The molecule has 2 rings (SSSR count). The van der Waals surface area contributed by atoms with Crippen molar-refractivity contribution in [2.75, 3.05) is 18.0 Å². The fourth-order valence-electron chi connectivity index (χ4n) is 2.94. The van der Waals surface area contributed by atoms with Crippen LogP contribution in [0.3, 0.4) is 0 Å². The fraction of sp³-hybridized carbons (Fsp3) is 0.600. The second-order valence-electron chi connectivity index (χ2n) is 5.71. The molecule has 1 atom stereocenters. The summed E-state index contributed by atoms with van der Waals surface area (Å²) in [4.78, 5) is 7.29. The molecule has 0 bridgehead atoms. The molecule has 0 aromatic carbocycles. The van der Waals surface area contributed by atoms with E-state index < -0.39 is 0 Å². The SMILES string of the molecule is Cc1cc(C)c(C(N)=S)c(N2CCC(C(C)O)CC2)n1. The highest BCUT2D eigenvalue weighted by molar-refractivity contribution is 7.80. The van der Waals surface area contributed by atoms with E-state index in [-0.39, 0.29) is 6.10 Å². The minimum Gasteiger partial charge on any atom is -0.393 e. The van der Waals surface area contributed by atoms with Crippen LogP contribution in [0.15, 0.2) is 6.07 Å². The Bertz CT molecular complexity index is 508. The average Bonchev–Trinajstić information content (AvgIpc) is 2.37. The number of aromatic nitrogens is 1. The molecule has 1 aromatic rings. The standard InChI is InChI=1S/C15H23N3OS/c1-9-8-10(2)17-15(13(9)14(16)20)18-6-4-12(5-7-18)11(3)19/h8,11-12,19H,4-7H2,1-3H3,(H2,16,20). The van der Waals surface area contributed by atoms with Crippen LogP contribution in [0.1, 0.15) is 36.6 Å². The molecule has 110 valence electrons. The summed E-state index contributed by atoms with van der Waals surface area (Å²) >= 11 is 5.19. The summed E-state index contributed by atoms with van der Waals surface area (Å²) in [5, 5.41) is 9.69. The third-order valence-corrected chi connectivity index (χ3v) is 4.30. The minimum atomic E-state index is -0.237. The van der Waals surface area contributed by atoms with E-state index in [9.17, 15) is 5.11 Å². The molecule has 0 radical (unpaired) electrons. The molecule has 20 heavy (non-hydrogen) atoms. The fourth-order valence-corrected chi connectivity index (χ4v) is 3.20. The summed E-state index contributed by atoms with van der Waals surface area (Å²) in [6.45, 7) is 7.66. The number of pyridine rings is 1. The number of anilines is 1. The highest BCUT2D eigenvalue weighted by Gasteiger charge is 2.25. The van der Waals surface area contributed by atoms with E-state index >= 15 is 0 Å².